The lowest BCUT2D eigenvalue weighted by Gasteiger charge is -2.27. The first kappa shape index (κ1) is 19.7. The maximum Gasteiger partial charge on any atom is 0.225 e. The predicted molar refractivity (Wildman–Crippen MR) is 107 cm³/mol. The highest BCUT2D eigenvalue weighted by Gasteiger charge is 2.29. The van der Waals surface area contributed by atoms with Crippen LogP contribution in [0.1, 0.15) is 44.9 Å². The number of carbonyl (C=O) groups is 1. The van der Waals surface area contributed by atoms with Gasteiger partial charge in [-0.25, -0.2) is 0 Å². The zero-order chi connectivity index (χ0) is 19.2. The molecule has 2 N–H and O–H groups in total. The van der Waals surface area contributed by atoms with E-state index in [1.807, 2.05) is 30.9 Å². The van der Waals surface area contributed by atoms with E-state index in [9.17, 15) is 4.79 Å². The van der Waals surface area contributed by atoms with Crippen LogP contribution in [0.4, 0.5) is 0 Å². The Morgan fingerprint density at radius 3 is 2.74 bits per heavy atom. The van der Waals surface area contributed by atoms with Crippen LogP contribution in [0.15, 0.2) is 27.8 Å². The summed E-state index contributed by atoms with van der Waals surface area (Å²) in [4.78, 5) is 21.0. The third-order valence-corrected chi connectivity index (χ3v) is 5.47. The van der Waals surface area contributed by atoms with E-state index in [1.165, 1.54) is 12.8 Å². The second kappa shape index (κ2) is 9.26. The van der Waals surface area contributed by atoms with Crippen molar-refractivity contribution < 1.29 is 9.21 Å². The van der Waals surface area contributed by atoms with Gasteiger partial charge in [0.2, 0.25) is 5.91 Å². The highest BCUT2D eigenvalue weighted by atomic mass is 16.3. The van der Waals surface area contributed by atoms with Gasteiger partial charge in [-0.2, -0.15) is 0 Å². The monoisotopic (exact) mass is 375 g/mol. The van der Waals surface area contributed by atoms with Gasteiger partial charge in [-0.3, -0.25) is 14.7 Å². The molecule has 3 rings (SSSR count). The van der Waals surface area contributed by atoms with Crippen molar-refractivity contribution in [3.05, 3.63) is 24.2 Å². The molecule has 2 unspecified atom stereocenters. The van der Waals surface area contributed by atoms with Gasteiger partial charge in [0.05, 0.1) is 12.3 Å². The summed E-state index contributed by atoms with van der Waals surface area (Å²) in [5.74, 6) is 2.06. The number of rotatable bonds is 6. The van der Waals surface area contributed by atoms with Crippen LogP contribution in [0.5, 0.6) is 0 Å². The van der Waals surface area contributed by atoms with Crippen LogP contribution in [0, 0.1) is 5.92 Å². The number of hydrogen-bond acceptors (Lipinski definition) is 4. The first-order valence-corrected chi connectivity index (χ1v) is 10.1. The molecule has 7 heteroatoms. The Balaban J connectivity index is 1.53. The number of hydrogen-bond donors (Lipinski definition) is 2. The van der Waals surface area contributed by atoms with Gasteiger partial charge in [0.25, 0.3) is 0 Å². The first-order valence-electron chi connectivity index (χ1n) is 10.1. The van der Waals surface area contributed by atoms with Gasteiger partial charge >= 0.3 is 0 Å². The molecule has 2 atom stereocenters. The molecule has 0 aromatic carbocycles. The number of furan rings is 1. The Morgan fingerprint density at radius 1 is 1.33 bits per heavy atom. The van der Waals surface area contributed by atoms with Gasteiger partial charge in [-0.05, 0) is 44.5 Å². The zero-order valence-corrected chi connectivity index (χ0v) is 16.8. The maximum absolute atomic E-state index is 12.2. The summed E-state index contributed by atoms with van der Waals surface area (Å²) >= 11 is 0. The van der Waals surface area contributed by atoms with Gasteiger partial charge in [-0.1, -0.05) is 13.8 Å². The first-order chi connectivity index (χ1) is 13.1. The van der Waals surface area contributed by atoms with E-state index in [0.29, 0.717) is 0 Å². The van der Waals surface area contributed by atoms with Crippen molar-refractivity contribution in [2.45, 2.75) is 45.2 Å². The van der Waals surface area contributed by atoms with E-state index in [4.69, 9.17) is 4.42 Å². The predicted octanol–water partition coefficient (Wildman–Crippen LogP) is 1.84. The summed E-state index contributed by atoms with van der Waals surface area (Å²) in [6, 6.07) is 4.45. The number of guanidine groups is 1. The molecule has 0 bridgehead atoms. The number of nitrogens with zero attached hydrogens (tertiary/aromatic N) is 3. The standard InChI is InChI=1S/C20H33N5O2/c1-15(2)19(26)25-11-8-16(14-25)23-20(21-3)22-13-17(18-7-6-12-27-18)24-9-4-5-10-24/h6-7,12,15-17H,4-5,8-11,13-14H2,1-3H3,(H2,21,22,23). The fourth-order valence-electron chi connectivity index (χ4n) is 3.97. The minimum Gasteiger partial charge on any atom is -0.468 e. The average Bonchev–Trinajstić information content (AvgIpc) is 3.42. The second-order valence-electron chi connectivity index (χ2n) is 7.80. The van der Waals surface area contributed by atoms with Crippen molar-refractivity contribution >= 4 is 11.9 Å². The van der Waals surface area contributed by atoms with Crippen molar-refractivity contribution in [3.63, 3.8) is 0 Å². The molecular formula is C20H33N5O2. The zero-order valence-electron chi connectivity index (χ0n) is 16.8. The molecule has 0 radical (unpaired) electrons. The van der Waals surface area contributed by atoms with Crippen LogP contribution in [-0.2, 0) is 4.79 Å². The molecule has 2 saturated heterocycles. The lowest BCUT2D eigenvalue weighted by atomic mass is 10.2. The molecule has 7 nitrogen and oxygen atoms in total. The largest absolute Gasteiger partial charge is 0.468 e. The minimum absolute atomic E-state index is 0.0516. The van der Waals surface area contributed by atoms with Gasteiger partial charge < -0.3 is 20.0 Å². The molecule has 1 amide bonds. The van der Waals surface area contributed by atoms with Crippen LogP contribution in [0.25, 0.3) is 0 Å². The Bertz CT molecular complexity index is 622. The van der Waals surface area contributed by atoms with E-state index < -0.39 is 0 Å². The van der Waals surface area contributed by atoms with Crippen LogP contribution in [-0.4, -0.2) is 67.5 Å². The van der Waals surface area contributed by atoms with E-state index in [2.05, 4.69) is 20.5 Å². The molecule has 0 spiro atoms. The molecule has 1 aromatic heterocycles. The highest BCUT2D eigenvalue weighted by molar-refractivity contribution is 5.81. The molecule has 0 aliphatic carbocycles. The summed E-state index contributed by atoms with van der Waals surface area (Å²) in [7, 11) is 1.79. The molecule has 27 heavy (non-hydrogen) atoms. The average molecular weight is 376 g/mol. The summed E-state index contributed by atoms with van der Waals surface area (Å²) < 4.78 is 5.68. The van der Waals surface area contributed by atoms with Crippen LogP contribution < -0.4 is 10.6 Å². The fraction of sp³-hybridized carbons (Fsp3) is 0.700. The Hall–Kier alpha value is -2.02. The molecule has 3 heterocycles. The number of nitrogens with one attached hydrogen (secondary N) is 2. The van der Waals surface area contributed by atoms with Gasteiger partial charge in [0.1, 0.15) is 5.76 Å². The van der Waals surface area contributed by atoms with Gasteiger partial charge in [0, 0.05) is 38.6 Å². The quantitative estimate of drug-likeness (QED) is 0.586. The number of likely N-dealkylation sites (tertiary alicyclic amines) is 2. The van der Waals surface area contributed by atoms with Crippen molar-refractivity contribution in [2.75, 3.05) is 39.8 Å². The maximum atomic E-state index is 12.2. The summed E-state index contributed by atoms with van der Waals surface area (Å²) in [5.41, 5.74) is 0. The van der Waals surface area contributed by atoms with E-state index in [1.54, 1.807) is 13.3 Å². The number of amides is 1. The third kappa shape index (κ3) is 5.03. The SMILES string of the molecule is CN=C(NCC(c1ccco1)N1CCCC1)NC1CCN(C(=O)C(C)C)C1. The highest BCUT2D eigenvalue weighted by Crippen LogP contribution is 2.24. The fourth-order valence-corrected chi connectivity index (χ4v) is 3.97. The molecule has 1 aromatic rings. The molecule has 2 fully saturated rings. The Morgan fingerprint density at radius 2 is 2.11 bits per heavy atom. The normalized spacial score (nSPS) is 22.4. The van der Waals surface area contributed by atoms with E-state index in [-0.39, 0.29) is 23.9 Å². The lowest BCUT2D eigenvalue weighted by molar-refractivity contribution is -0.133. The second-order valence-corrected chi connectivity index (χ2v) is 7.80. The summed E-state index contributed by atoms with van der Waals surface area (Å²) in [6.07, 6.45) is 5.18. The molecule has 2 aliphatic rings. The van der Waals surface area contributed by atoms with Gasteiger partial charge in [-0.15, -0.1) is 0 Å². The van der Waals surface area contributed by atoms with Crippen molar-refractivity contribution in [2.24, 2.45) is 10.9 Å². The topological polar surface area (TPSA) is 73.1 Å². The third-order valence-electron chi connectivity index (χ3n) is 5.47. The van der Waals surface area contributed by atoms with Crippen molar-refractivity contribution in [3.8, 4) is 0 Å². The van der Waals surface area contributed by atoms with Gasteiger partial charge in [0.15, 0.2) is 5.96 Å². The van der Waals surface area contributed by atoms with Crippen LogP contribution in [0.2, 0.25) is 0 Å². The van der Waals surface area contributed by atoms with Crippen molar-refractivity contribution in [1.29, 1.82) is 0 Å². The number of aliphatic imine (C=N–C) groups is 1. The van der Waals surface area contributed by atoms with Crippen LogP contribution in [0.3, 0.4) is 0 Å². The Labute approximate surface area is 162 Å². The smallest absolute Gasteiger partial charge is 0.225 e. The van der Waals surface area contributed by atoms with Crippen molar-refractivity contribution in [1.82, 2.24) is 20.4 Å². The molecule has 2 aliphatic heterocycles. The Kier molecular flexibility index (Phi) is 6.77. The molecular weight excluding hydrogens is 342 g/mol. The summed E-state index contributed by atoms with van der Waals surface area (Å²) in [6.45, 7) is 8.42. The molecule has 150 valence electrons. The number of carbonyl (C=O) groups excluding carboxylic acids is 1. The lowest BCUT2D eigenvalue weighted by Crippen LogP contribution is -2.47. The minimum atomic E-state index is 0.0516. The molecule has 0 saturated carbocycles. The van der Waals surface area contributed by atoms with E-state index >= 15 is 0 Å². The summed E-state index contributed by atoms with van der Waals surface area (Å²) in [5, 5.41) is 6.94. The van der Waals surface area contributed by atoms with E-state index in [0.717, 1.165) is 50.9 Å². The van der Waals surface area contributed by atoms with Crippen LogP contribution >= 0.6 is 0 Å².